The van der Waals surface area contributed by atoms with Gasteiger partial charge in [0.1, 0.15) is 16.9 Å². The molecule has 152 valence electrons. The smallest absolute Gasteiger partial charge is 0.261 e. The summed E-state index contributed by atoms with van der Waals surface area (Å²) in [5, 5.41) is 2.06. The highest BCUT2D eigenvalue weighted by atomic mass is 19.2. The van der Waals surface area contributed by atoms with E-state index >= 15 is 0 Å². The number of carbonyl (C=O) groups is 1. The zero-order valence-corrected chi connectivity index (χ0v) is 14.6. The van der Waals surface area contributed by atoms with E-state index in [1.807, 2.05) is 0 Å². The van der Waals surface area contributed by atoms with E-state index in [0.29, 0.717) is 5.56 Å². The Morgan fingerprint density at radius 2 is 1.40 bits per heavy atom. The number of nitrogens with one attached hydrogen (secondary N) is 1. The summed E-state index contributed by atoms with van der Waals surface area (Å²) in [6.45, 7) is 0. The zero-order valence-electron chi connectivity index (χ0n) is 14.6. The van der Waals surface area contributed by atoms with Gasteiger partial charge in [-0.15, -0.1) is 0 Å². The minimum atomic E-state index is -2.36. The molecule has 0 spiro atoms. The Hall–Kier alpha value is -3.82. The molecule has 4 nitrogen and oxygen atoms in total. The van der Waals surface area contributed by atoms with Crippen LogP contribution in [0.1, 0.15) is 10.4 Å². The summed E-state index contributed by atoms with van der Waals surface area (Å²) >= 11 is 0. The van der Waals surface area contributed by atoms with Gasteiger partial charge < -0.3 is 9.73 Å². The maximum atomic E-state index is 13.8. The number of anilines is 1. The summed E-state index contributed by atoms with van der Waals surface area (Å²) < 4.78 is 85.9. The van der Waals surface area contributed by atoms with Crippen LogP contribution in [-0.4, -0.2) is 10.9 Å². The first kappa shape index (κ1) is 19.5. The summed E-state index contributed by atoms with van der Waals surface area (Å²) in [6.07, 6.45) is 0. The maximum Gasteiger partial charge on any atom is 0.261 e. The van der Waals surface area contributed by atoms with Crippen molar-refractivity contribution in [3.8, 4) is 11.5 Å². The van der Waals surface area contributed by atoms with Crippen molar-refractivity contribution in [2.45, 2.75) is 0 Å². The topological polar surface area (TPSA) is 55.1 Å². The van der Waals surface area contributed by atoms with Crippen molar-refractivity contribution >= 4 is 22.7 Å². The van der Waals surface area contributed by atoms with E-state index in [9.17, 15) is 31.1 Å². The fourth-order valence-corrected chi connectivity index (χ4v) is 2.72. The number of hydrogen-bond acceptors (Lipinski definition) is 3. The van der Waals surface area contributed by atoms with Gasteiger partial charge in [-0.05, 0) is 42.5 Å². The van der Waals surface area contributed by atoms with Gasteiger partial charge in [-0.25, -0.2) is 31.3 Å². The molecular formula is C20H8F6N2O2. The highest BCUT2D eigenvalue weighted by molar-refractivity contribution is 6.05. The van der Waals surface area contributed by atoms with Gasteiger partial charge in [-0.1, -0.05) is 0 Å². The van der Waals surface area contributed by atoms with E-state index in [1.165, 1.54) is 42.5 Å². The third-order valence-electron chi connectivity index (χ3n) is 4.17. The molecular weight excluding hydrogens is 414 g/mol. The molecule has 10 heteroatoms. The van der Waals surface area contributed by atoms with E-state index in [4.69, 9.17) is 4.42 Å². The van der Waals surface area contributed by atoms with Crippen molar-refractivity contribution in [1.82, 2.24) is 4.98 Å². The van der Waals surface area contributed by atoms with E-state index in [0.717, 1.165) is 0 Å². The standard InChI is InChI=1S/C20H8F6N2O2/c21-9-3-1-8(2-4-9)20-28-11-7-10(5-6-12(11)30-20)27-19(29)13-14(22)16(24)18(26)17(25)15(13)23/h1-7H,(H,27,29). The van der Waals surface area contributed by atoms with Crippen molar-refractivity contribution in [3.05, 3.63) is 82.9 Å². The van der Waals surface area contributed by atoms with Crippen LogP contribution in [0.4, 0.5) is 32.0 Å². The first-order valence-corrected chi connectivity index (χ1v) is 8.25. The van der Waals surface area contributed by atoms with Gasteiger partial charge in [0.2, 0.25) is 11.7 Å². The number of oxazole rings is 1. The Labute approximate surface area is 163 Å². The van der Waals surface area contributed by atoms with Crippen LogP contribution in [0, 0.1) is 34.9 Å². The number of aromatic nitrogens is 1. The maximum absolute atomic E-state index is 13.8. The predicted molar refractivity (Wildman–Crippen MR) is 93.6 cm³/mol. The Morgan fingerprint density at radius 3 is 2.03 bits per heavy atom. The molecule has 0 saturated heterocycles. The lowest BCUT2D eigenvalue weighted by atomic mass is 10.1. The van der Waals surface area contributed by atoms with Crippen molar-refractivity contribution in [2.75, 3.05) is 5.32 Å². The second kappa shape index (κ2) is 7.21. The monoisotopic (exact) mass is 422 g/mol. The Balaban J connectivity index is 1.66. The van der Waals surface area contributed by atoms with Crippen molar-refractivity contribution in [2.24, 2.45) is 0 Å². The molecule has 30 heavy (non-hydrogen) atoms. The molecule has 1 aromatic heterocycles. The highest BCUT2D eigenvalue weighted by Crippen LogP contribution is 2.28. The number of hydrogen-bond donors (Lipinski definition) is 1. The van der Waals surface area contributed by atoms with E-state index in [2.05, 4.69) is 10.3 Å². The third kappa shape index (κ3) is 3.25. The largest absolute Gasteiger partial charge is 0.436 e. The second-order valence-corrected chi connectivity index (χ2v) is 6.11. The number of halogens is 6. The van der Waals surface area contributed by atoms with Crippen molar-refractivity contribution < 1.29 is 35.6 Å². The summed E-state index contributed by atoms with van der Waals surface area (Å²) in [4.78, 5) is 16.3. The van der Waals surface area contributed by atoms with Gasteiger partial charge in [0.05, 0.1) is 0 Å². The molecule has 0 fully saturated rings. The minimum Gasteiger partial charge on any atom is -0.436 e. The lowest BCUT2D eigenvalue weighted by molar-refractivity contribution is 0.101. The van der Waals surface area contributed by atoms with E-state index < -0.39 is 46.4 Å². The Bertz CT molecular complexity index is 1270. The van der Waals surface area contributed by atoms with E-state index in [-0.39, 0.29) is 22.7 Å². The zero-order chi connectivity index (χ0) is 21.6. The van der Waals surface area contributed by atoms with E-state index in [1.54, 1.807) is 0 Å². The first-order chi connectivity index (χ1) is 14.3. The fourth-order valence-electron chi connectivity index (χ4n) is 2.72. The number of nitrogens with zero attached hydrogens (tertiary/aromatic N) is 1. The van der Waals surface area contributed by atoms with Gasteiger partial charge >= 0.3 is 0 Å². The van der Waals surface area contributed by atoms with Crippen LogP contribution in [-0.2, 0) is 0 Å². The lowest BCUT2D eigenvalue weighted by Crippen LogP contribution is -2.19. The Morgan fingerprint density at radius 1 is 0.800 bits per heavy atom. The fraction of sp³-hybridized carbons (Fsp3) is 0. The predicted octanol–water partition coefficient (Wildman–Crippen LogP) is 5.58. The van der Waals surface area contributed by atoms with Crippen LogP contribution in [0.25, 0.3) is 22.6 Å². The molecule has 3 aromatic carbocycles. The average molecular weight is 422 g/mol. The van der Waals surface area contributed by atoms with Crippen LogP contribution in [0.3, 0.4) is 0 Å². The first-order valence-electron chi connectivity index (χ1n) is 8.25. The molecule has 1 N–H and O–H groups in total. The average Bonchev–Trinajstić information content (AvgIpc) is 3.15. The third-order valence-corrected chi connectivity index (χ3v) is 4.17. The van der Waals surface area contributed by atoms with Crippen LogP contribution in [0.2, 0.25) is 0 Å². The van der Waals surface area contributed by atoms with Gasteiger partial charge in [0, 0.05) is 11.3 Å². The number of fused-ring (bicyclic) bond motifs is 1. The molecule has 0 bridgehead atoms. The second-order valence-electron chi connectivity index (χ2n) is 6.11. The summed E-state index contributed by atoms with van der Waals surface area (Å²) in [6, 6.07) is 9.23. The highest BCUT2D eigenvalue weighted by Gasteiger charge is 2.29. The quantitative estimate of drug-likeness (QED) is 0.266. The number of benzene rings is 3. The van der Waals surface area contributed by atoms with Gasteiger partial charge in [-0.2, -0.15) is 0 Å². The summed E-state index contributed by atoms with van der Waals surface area (Å²) in [5.74, 6) is -13.1. The molecule has 0 unspecified atom stereocenters. The Kier molecular flexibility index (Phi) is 4.69. The van der Waals surface area contributed by atoms with Crippen LogP contribution in [0.5, 0.6) is 0 Å². The van der Waals surface area contributed by atoms with Crippen LogP contribution < -0.4 is 5.32 Å². The van der Waals surface area contributed by atoms with Crippen molar-refractivity contribution in [1.29, 1.82) is 0 Å². The summed E-state index contributed by atoms with van der Waals surface area (Å²) in [5.41, 5.74) is -0.665. The lowest BCUT2D eigenvalue weighted by Gasteiger charge is -2.09. The molecule has 4 rings (SSSR count). The molecule has 0 atom stereocenters. The normalized spacial score (nSPS) is 11.1. The number of rotatable bonds is 3. The van der Waals surface area contributed by atoms with Crippen LogP contribution >= 0.6 is 0 Å². The van der Waals surface area contributed by atoms with Crippen LogP contribution in [0.15, 0.2) is 46.9 Å². The molecule has 1 heterocycles. The molecule has 0 aliphatic heterocycles. The summed E-state index contributed by atoms with van der Waals surface area (Å²) in [7, 11) is 0. The minimum absolute atomic E-state index is 0.0320. The van der Waals surface area contributed by atoms with Gasteiger partial charge in [0.25, 0.3) is 5.91 Å². The molecule has 1 amide bonds. The number of carbonyl (C=O) groups excluding carboxylic acids is 1. The number of amides is 1. The SMILES string of the molecule is O=C(Nc1ccc2oc(-c3ccc(F)cc3)nc2c1)c1c(F)c(F)c(F)c(F)c1F. The van der Waals surface area contributed by atoms with Gasteiger partial charge in [-0.3, -0.25) is 4.79 Å². The molecule has 0 aliphatic rings. The molecule has 0 aliphatic carbocycles. The molecule has 0 radical (unpaired) electrons. The molecule has 0 saturated carbocycles. The van der Waals surface area contributed by atoms with Crippen molar-refractivity contribution in [3.63, 3.8) is 0 Å². The van der Waals surface area contributed by atoms with Gasteiger partial charge in [0.15, 0.2) is 28.9 Å². The molecule has 4 aromatic rings.